The molecule has 2 heterocycles. The number of carbonyl (C=O) groups is 2. The van der Waals surface area contributed by atoms with Crippen LogP contribution in [-0.2, 0) is 11.2 Å². The molecule has 7 nitrogen and oxygen atoms in total. The summed E-state index contributed by atoms with van der Waals surface area (Å²) in [5.41, 5.74) is 1.80. The van der Waals surface area contributed by atoms with Gasteiger partial charge < -0.3 is 15.7 Å². The number of anilines is 2. The van der Waals surface area contributed by atoms with E-state index in [2.05, 4.69) is 20.6 Å². The van der Waals surface area contributed by atoms with E-state index >= 15 is 0 Å². The van der Waals surface area contributed by atoms with Gasteiger partial charge in [0, 0.05) is 30.7 Å². The van der Waals surface area contributed by atoms with Crippen LogP contribution in [0.4, 0.5) is 11.4 Å². The van der Waals surface area contributed by atoms with Crippen LogP contribution in [0.1, 0.15) is 15.9 Å². The van der Waals surface area contributed by atoms with Crippen molar-refractivity contribution in [1.29, 1.82) is 0 Å². The quantitative estimate of drug-likeness (QED) is 0.433. The summed E-state index contributed by atoms with van der Waals surface area (Å²) >= 11 is 18.0. The van der Waals surface area contributed by atoms with Crippen LogP contribution in [0.5, 0.6) is 0 Å². The van der Waals surface area contributed by atoms with Crippen molar-refractivity contribution in [2.45, 2.75) is 12.5 Å². The predicted octanol–water partition coefficient (Wildman–Crippen LogP) is 4.80. The van der Waals surface area contributed by atoms with Gasteiger partial charge in [0.1, 0.15) is 6.04 Å². The molecular weight excluding hydrogens is 451 g/mol. The van der Waals surface area contributed by atoms with Crippen molar-refractivity contribution in [3.63, 3.8) is 0 Å². The molecule has 0 aliphatic rings. The third-order valence-corrected chi connectivity index (χ3v) is 4.99. The third-order valence-electron chi connectivity index (χ3n) is 4.12. The van der Waals surface area contributed by atoms with Crippen LogP contribution >= 0.6 is 34.8 Å². The van der Waals surface area contributed by atoms with Crippen LogP contribution in [0.15, 0.2) is 55.0 Å². The lowest BCUT2D eigenvalue weighted by molar-refractivity contribution is -0.137. The Kier molecular flexibility index (Phi) is 7.10. The van der Waals surface area contributed by atoms with Crippen molar-refractivity contribution < 1.29 is 14.7 Å². The second-order valence-electron chi connectivity index (χ2n) is 6.21. The lowest BCUT2D eigenvalue weighted by Gasteiger charge is -2.16. The molecule has 0 saturated heterocycles. The standard InChI is InChI=1S/C20H15Cl3N4O3/c21-13-9-24-10-14(22)17(13)19(28)26-12-5-3-11(4-6-12)8-16(20(29)30)27-15-2-1-7-25-18(15)23/h1-7,9-10,16,27H,8H2,(H,26,28)(H,29,30). The highest BCUT2D eigenvalue weighted by Crippen LogP contribution is 2.24. The van der Waals surface area contributed by atoms with Crippen LogP contribution in [0.3, 0.4) is 0 Å². The van der Waals surface area contributed by atoms with Crippen LogP contribution < -0.4 is 10.6 Å². The molecule has 30 heavy (non-hydrogen) atoms. The molecule has 1 unspecified atom stereocenters. The molecule has 3 N–H and O–H groups in total. The van der Waals surface area contributed by atoms with Gasteiger partial charge in [-0.15, -0.1) is 0 Å². The largest absolute Gasteiger partial charge is 0.480 e. The van der Waals surface area contributed by atoms with Gasteiger partial charge in [-0.05, 0) is 29.8 Å². The molecule has 10 heteroatoms. The Morgan fingerprint density at radius 2 is 1.70 bits per heavy atom. The summed E-state index contributed by atoms with van der Waals surface area (Å²) in [5, 5.41) is 15.6. The molecule has 0 saturated carbocycles. The smallest absolute Gasteiger partial charge is 0.326 e. The van der Waals surface area contributed by atoms with E-state index < -0.39 is 17.9 Å². The number of nitrogens with zero attached hydrogens (tertiary/aromatic N) is 2. The number of hydrogen-bond donors (Lipinski definition) is 3. The summed E-state index contributed by atoms with van der Waals surface area (Å²) in [6, 6.07) is 9.15. The number of halogens is 3. The fourth-order valence-electron chi connectivity index (χ4n) is 2.66. The van der Waals surface area contributed by atoms with Gasteiger partial charge in [-0.25, -0.2) is 9.78 Å². The fraction of sp³-hybridized carbons (Fsp3) is 0.100. The van der Waals surface area contributed by atoms with Gasteiger partial charge in [-0.3, -0.25) is 9.78 Å². The average molecular weight is 466 g/mol. The van der Waals surface area contributed by atoms with Crippen molar-refractivity contribution in [3.05, 3.63) is 81.3 Å². The molecule has 1 atom stereocenters. The number of carbonyl (C=O) groups excluding carboxylic acids is 1. The Morgan fingerprint density at radius 3 is 2.30 bits per heavy atom. The number of benzene rings is 1. The number of aromatic nitrogens is 2. The van der Waals surface area contributed by atoms with E-state index in [0.29, 0.717) is 11.4 Å². The van der Waals surface area contributed by atoms with Crippen molar-refractivity contribution >= 4 is 58.1 Å². The highest BCUT2D eigenvalue weighted by molar-refractivity contribution is 6.40. The van der Waals surface area contributed by atoms with Gasteiger partial charge in [-0.1, -0.05) is 46.9 Å². The maximum Gasteiger partial charge on any atom is 0.326 e. The number of rotatable bonds is 7. The van der Waals surface area contributed by atoms with E-state index in [1.165, 1.54) is 18.6 Å². The van der Waals surface area contributed by atoms with E-state index in [-0.39, 0.29) is 27.2 Å². The van der Waals surface area contributed by atoms with Gasteiger partial charge >= 0.3 is 5.97 Å². The molecule has 0 spiro atoms. The normalized spacial score (nSPS) is 11.6. The number of carboxylic acid groups (broad SMARTS) is 1. The summed E-state index contributed by atoms with van der Waals surface area (Å²) < 4.78 is 0. The zero-order valence-electron chi connectivity index (χ0n) is 15.3. The van der Waals surface area contributed by atoms with Gasteiger partial charge in [-0.2, -0.15) is 0 Å². The first-order valence-corrected chi connectivity index (χ1v) is 9.77. The number of nitrogens with one attached hydrogen (secondary N) is 2. The highest BCUT2D eigenvalue weighted by atomic mass is 35.5. The number of hydrogen-bond acceptors (Lipinski definition) is 5. The van der Waals surface area contributed by atoms with Gasteiger partial charge in [0.05, 0.1) is 21.3 Å². The lowest BCUT2D eigenvalue weighted by Crippen LogP contribution is -2.31. The Balaban J connectivity index is 1.69. The monoisotopic (exact) mass is 464 g/mol. The number of pyridine rings is 2. The van der Waals surface area contributed by atoms with E-state index in [1.807, 2.05) is 0 Å². The van der Waals surface area contributed by atoms with Crippen molar-refractivity contribution in [1.82, 2.24) is 9.97 Å². The zero-order chi connectivity index (χ0) is 21.7. The number of aliphatic carboxylic acids is 1. The molecule has 2 aromatic heterocycles. The van der Waals surface area contributed by atoms with Crippen LogP contribution in [0.25, 0.3) is 0 Å². The van der Waals surface area contributed by atoms with Crippen LogP contribution in [-0.4, -0.2) is 33.0 Å². The van der Waals surface area contributed by atoms with E-state index in [0.717, 1.165) is 5.56 Å². The maximum atomic E-state index is 12.4. The second-order valence-corrected chi connectivity index (χ2v) is 7.38. The summed E-state index contributed by atoms with van der Waals surface area (Å²) in [7, 11) is 0. The predicted molar refractivity (Wildman–Crippen MR) is 117 cm³/mol. The average Bonchev–Trinajstić information content (AvgIpc) is 2.70. The van der Waals surface area contributed by atoms with Gasteiger partial charge in [0.25, 0.3) is 5.91 Å². The first-order chi connectivity index (χ1) is 14.3. The van der Waals surface area contributed by atoms with E-state index in [1.54, 1.807) is 36.4 Å². The molecule has 1 aromatic carbocycles. The molecule has 154 valence electrons. The Bertz CT molecular complexity index is 1060. The molecule has 0 bridgehead atoms. The second kappa shape index (κ2) is 9.75. The van der Waals surface area contributed by atoms with Crippen molar-refractivity contribution in [2.75, 3.05) is 10.6 Å². The Labute approximate surface area is 187 Å². The van der Waals surface area contributed by atoms with E-state index in [9.17, 15) is 14.7 Å². The van der Waals surface area contributed by atoms with Crippen LogP contribution in [0, 0.1) is 0 Å². The van der Waals surface area contributed by atoms with E-state index in [4.69, 9.17) is 34.8 Å². The fourth-order valence-corrected chi connectivity index (χ4v) is 3.37. The summed E-state index contributed by atoms with van der Waals surface area (Å²) in [6.45, 7) is 0. The molecule has 0 radical (unpaired) electrons. The van der Waals surface area contributed by atoms with Crippen molar-refractivity contribution in [2.24, 2.45) is 0 Å². The maximum absolute atomic E-state index is 12.4. The third kappa shape index (κ3) is 5.38. The SMILES string of the molecule is O=C(Nc1ccc(CC(Nc2cccnc2Cl)C(=O)O)cc1)c1c(Cl)cncc1Cl. The molecule has 0 fully saturated rings. The zero-order valence-corrected chi connectivity index (χ0v) is 17.5. The first kappa shape index (κ1) is 21.8. The minimum atomic E-state index is -1.03. The topological polar surface area (TPSA) is 104 Å². The number of carboxylic acids is 1. The first-order valence-electron chi connectivity index (χ1n) is 8.64. The Hall–Kier alpha value is -2.87. The number of amides is 1. The van der Waals surface area contributed by atoms with Crippen LogP contribution in [0.2, 0.25) is 15.2 Å². The van der Waals surface area contributed by atoms with Gasteiger partial charge in [0.2, 0.25) is 0 Å². The molecule has 0 aliphatic heterocycles. The minimum Gasteiger partial charge on any atom is -0.480 e. The Morgan fingerprint density at radius 1 is 1.03 bits per heavy atom. The molecule has 3 rings (SSSR count). The summed E-state index contributed by atoms with van der Waals surface area (Å²) in [6.07, 6.45) is 4.37. The minimum absolute atomic E-state index is 0.126. The molecular formula is C20H15Cl3N4O3. The lowest BCUT2D eigenvalue weighted by atomic mass is 10.1. The molecule has 3 aromatic rings. The highest BCUT2D eigenvalue weighted by Gasteiger charge is 2.20. The summed E-state index contributed by atoms with van der Waals surface area (Å²) in [5.74, 6) is -1.51. The van der Waals surface area contributed by atoms with Gasteiger partial charge in [0.15, 0.2) is 5.15 Å². The molecule has 1 amide bonds. The summed E-state index contributed by atoms with van der Waals surface area (Å²) in [4.78, 5) is 31.8. The van der Waals surface area contributed by atoms with Crippen molar-refractivity contribution in [3.8, 4) is 0 Å². The molecule has 0 aliphatic carbocycles.